The minimum Gasteiger partial charge on any atom is -0.353 e. The van der Waals surface area contributed by atoms with Crippen molar-refractivity contribution in [2.75, 3.05) is 0 Å². The fraction of sp³-hybridized carbons (Fsp3) is 0.105. The Morgan fingerprint density at radius 2 is 1.83 bits per heavy atom. The second-order valence-corrected chi connectivity index (χ2v) is 6.16. The minimum absolute atomic E-state index is 0.544. The number of aromatic amines is 1. The molecule has 0 unspecified atom stereocenters. The van der Waals surface area contributed by atoms with Gasteiger partial charge in [0.2, 0.25) is 0 Å². The lowest BCUT2D eigenvalue weighted by atomic mass is 10.0. The summed E-state index contributed by atoms with van der Waals surface area (Å²) >= 11 is 6.38. The Hall–Kier alpha value is -2.36. The van der Waals surface area contributed by atoms with E-state index in [4.69, 9.17) is 17.3 Å². The van der Waals surface area contributed by atoms with Crippen LogP contribution in [0.1, 0.15) is 11.3 Å². The van der Waals surface area contributed by atoms with Gasteiger partial charge in [-0.1, -0.05) is 35.9 Å². The number of H-pyrrole nitrogens is 1. The van der Waals surface area contributed by atoms with E-state index >= 15 is 0 Å². The third-order valence-electron chi connectivity index (χ3n) is 4.28. The Morgan fingerprint density at radius 1 is 1.04 bits per heavy atom. The van der Waals surface area contributed by atoms with Crippen LogP contribution in [0.3, 0.4) is 0 Å². The number of rotatable bonds is 2. The summed E-state index contributed by atoms with van der Waals surface area (Å²) in [4.78, 5) is 7.90. The topological polar surface area (TPSA) is 54.7 Å². The summed E-state index contributed by atoms with van der Waals surface area (Å²) in [6.45, 7) is 2.55. The first-order chi connectivity index (χ1) is 11.2. The van der Waals surface area contributed by atoms with Crippen molar-refractivity contribution >= 4 is 33.4 Å². The molecule has 2 aromatic carbocycles. The normalized spacial score (nSPS) is 11.4. The molecule has 2 aromatic heterocycles. The molecule has 0 aliphatic heterocycles. The number of pyridine rings is 1. The standard InChI is InChI=1S/C19H16ClN3/c1-11-18-15(6-7-22-11)17-9-14(20)8-16(19(17)23-18)13-4-2-12(10-21)3-5-13/h2-9,23H,10,21H2,1H3. The number of hydrogen-bond donors (Lipinski definition) is 2. The largest absolute Gasteiger partial charge is 0.353 e. The second kappa shape index (κ2) is 5.37. The van der Waals surface area contributed by atoms with Gasteiger partial charge >= 0.3 is 0 Å². The quantitative estimate of drug-likeness (QED) is 0.557. The summed E-state index contributed by atoms with van der Waals surface area (Å²) in [6.07, 6.45) is 1.83. The minimum atomic E-state index is 0.544. The molecule has 114 valence electrons. The van der Waals surface area contributed by atoms with Crippen LogP contribution in [0, 0.1) is 6.92 Å². The van der Waals surface area contributed by atoms with Gasteiger partial charge in [0.25, 0.3) is 0 Å². The van der Waals surface area contributed by atoms with E-state index in [1.54, 1.807) is 0 Å². The Kier molecular flexibility index (Phi) is 3.33. The van der Waals surface area contributed by atoms with Crippen molar-refractivity contribution in [2.24, 2.45) is 5.73 Å². The molecule has 4 heteroatoms. The maximum atomic E-state index is 6.38. The highest BCUT2D eigenvalue weighted by molar-refractivity contribution is 6.32. The van der Waals surface area contributed by atoms with Crippen LogP contribution < -0.4 is 5.73 Å². The molecule has 3 N–H and O–H groups in total. The predicted octanol–water partition coefficient (Wildman–Crippen LogP) is 4.80. The van der Waals surface area contributed by atoms with Crippen molar-refractivity contribution in [3.05, 3.63) is 64.9 Å². The molecule has 0 aliphatic carbocycles. The van der Waals surface area contributed by atoms with Crippen molar-refractivity contribution in [3.8, 4) is 11.1 Å². The van der Waals surface area contributed by atoms with Crippen LogP contribution in [-0.4, -0.2) is 9.97 Å². The Morgan fingerprint density at radius 3 is 2.57 bits per heavy atom. The van der Waals surface area contributed by atoms with Crippen LogP contribution >= 0.6 is 11.6 Å². The first-order valence-electron chi connectivity index (χ1n) is 7.53. The number of hydrogen-bond acceptors (Lipinski definition) is 2. The highest BCUT2D eigenvalue weighted by Crippen LogP contribution is 2.36. The van der Waals surface area contributed by atoms with Crippen molar-refractivity contribution in [1.82, 2.24) is 9.97 Å². The zero-order valence-corrected chi connectivity index (χ0v) is 13.5. The van der Waals surface area contributed by atoms with E-state index in [2.05, 4.69) is 34.2 Å². The Labute approximate surface area is 139 Å². The molecule has 0 saturated carbocycles. The molecule has 0 spiro atoms. The third kappa shape index (κ3) is 2.29. The van der Waals surface area contributed by atoms with Gasteiger partial charge < -0.3 is 10.7 Å². The van der Waals surface area contributed by atoms with E-state index in [9.17, 15) is 0 Å². The van der Waals surface area contributed by atoms with Crippen molar-refractivity contribution in [1.29, 1.82) is 0 Å². The van der Waals surface area contributed by atoms with E-state index in [0.29, 0.717) is 6.54 Å². The van der Waals surface area contributed by atoms with E-state index in [1.165, 1.54) is 0 Å². The third-order valence-corrected chi connectivity index (χ3v) is 4.50. The average Bonchev–Trinajstić information content (AvgIpc) is 2.94. The van der Waals surface area contributed by atoms with Gasteiger partial charge in [-0.25, -0.2) is 0 Å². The highest BCUT2D eigenvalue weighted by Gasteiger charge is 2.12. The molecule has 0 fully saturated rings. The SMILES string of the molecule is Cc1nccc2c1[nH]c1c(-c3ccc(CN)cc3)cc(Cl)cc12. The van der Waals surface area contributed by atoms with Crippen LogP contribution in [0.15, 0.2) is 48.7 Å². The van der Waals surface area contributed by atoms with Gasteiger partial charge in [-0.05, 0) is 36.2 Å². The number of halogens is 1. The van der Waals surface area contributed by atoms with Gasteiger partial charge in [0.1, 0.15) is 0 Å². The zero-order valence-electron chi connectivity index (χ0n) is 12.7. The van der Waals surface area contributed by atoms with Gasteiger partial charge in [0.15, 0.2) is 0 Å². The summed E-state index contributed by atoms with van der Waals surface area (Å²) in [6, 6.07) is 14.3. The molecule has 0 bridgehead atoms. The molecule has 4 rings (SSSR count). The summed E-state index contributed by atoms with van der Waals surface area (Å²) < 4.78 is 0. The lowest BCUT2D eigenvalue weighted by Crippen LogP contribution is -1.95. The number of aromatic nitrogens is 2. The van der Waals surface area contributed by atoms with Gasteiger partial charge in [-0.3, -0.25) is 4.98 Å². The van der Waals surface area contributed by atoms with Crippen LogP contribution in [0.5, 0.6) is 0 Å². The fourth-order valence-electron chi connectivity index (χ4n) is 3.08. The Balaban J connectivity index is 2.05. The molecule has 23 heavy (non-hydrogen) atoms. The molecule has 0 radical (unpaired) electrons. The number of fused-ring (bicyclic) bond motifs is 3. The summed E-state index contributed by atoms with van der Waals surface area (Å²) in [7, 11) is 0. The average molecular weight is 322 g/mol. The smallest absolute Gasteiger partial charge is 0.0681 e. The van der Waals surface area contributed by atoms with Crippen molar-refractivity contribution < 1.29 is 0 Å². The highest BCUT2D eigenvalue weighted by atomic mass is 35.5. The first kappa shape index (κ1) is 14.2. The summed E-state index contributed by atoms with van der Waals surface area (Å²) in [5, 5.41) is 3.00. The van der Waals surface area contributed by atoms with Crippen LogP contribution in [0.4, 0.5) is 0 Å². The van der Waals surface area contributed by atoms with E-state index in [0.717, 1.165) is 49.2 Å². The van der Waals surface area contributed by atoms with E-state index < -0.39 is 0 Å². The monoisotopic (exact) mass is 321 g/mol. The van der Waals surface area contributed by atoms with Crippen molar-refractivity contribution in [3.63, 3.8) is 0 Å². The van der Waals surface area contributed by atoms with Crippen molar-refractivity contribution in [2.45, 2.75) is 13.5 Å². The van der Waals surface area contributed by atoms with Gasteiger partial charge in [0.05, 0.1) is 16.7 Å². The van der Waals surface area contributed by atoms with E-state index in [1.807, 2.05) is 31.3 Å². The number of nitrogens with one attached hydrogen (secondary N) is 1. The Bertz CT molecular complexity index is 1020. The number of benzene rings is 2. The molecule has 0 atom stereocenters. The number of nitrogens with zero attached hydrogens (tertiary/aromatic N) is 1. The summed E-state index contributed by atoms with van der Waals surface area (Å²) in [5.41, 5.74) is 12.1. The molecule has 3 nitrogen and oxygen atoms in total. The number of aryl methyl sites for hydroxylation is 1. The molecular weight excluding hydrogens is 306 g/mol. The maximum Gasteiger partial charge on any atom is 0.0681 e. The maximum absolute atomic E-state index is 6.38. The molecule has 2 heterocycles. The second-order valence-electron chi connectivity index (χ2n) is 5.72. The van der Waals surface area contributed by atoms with Crippen LogP contribution in [-0.2, 0) is 6.54 Å². The molecule has 0 saturated heterocycles. The molecule has 4 aromatic rings. The van der Waals surface area contributed by atoms with Crippen LogP contribution in [0.2, 0.25) is 5.02 Å². The van der Waals surface area contributed by atoms with Gasteiger partial charge in [-0.2, -0.15) is 0 Å². The fourth-order valence-corrected chi connectivity index (χ4v) is 3.29. The molecule has 0 aliphatic rings. The summed E-state index contributed by atoms with van der Waals surface area (Å²) in [5.74, 6) is 0. The first-order valence-corrected chi connectivity index (χ1v) is 7.91. The van der Waals surface area contributed by atoms with Crippen LogP contribution in [0.25, 0.3) is 32.9 Å². The van der Waals surface area contributed by atoms with Gasteiger partial charge in [-0.15, -0.1) is 0 Å². The van der Waals surface area contributed by atoms with Gasteiger partial charge in [0, 0.05) is 34.1 Å². The van der Waals surface area contributed by atoms with E-state index in [-0.39, 0.29) is 0 Å². The zero-order chi connectivity index (χ0) is 16.0. The predicted molar refractivity (Wildman–Crippen MR) is 96.7 cm³/mol. The lowest BCUT2D eigenvalue weighted by molar-refractivity contribution is 1.07. The molecular formula is C19H16ClN3. The lowest BCUT2D eigenvalue weighted by Gasteiger charge is -2.06. The molecule has 0 amide bonds. The number of nitrogens with two attached hydrogens (primary N) is 1.